The molecule has 0 aromatic carbocycles. The molecule has 0 bridgehead atoms. The van der Waals surface area contributed by atoms with Crippen LogP contribution in [0, 0.1) is 0 Å². The van der Waals surface area contributed by atoms with Crippen molar-refractivity contribution in [1.29, 1.82) is 0 Å². The van der Waals surface area contributed by atoms with Crippen LogP contribution < -0.4 is 0 Å². The molecule has 0 spiro atoms. The van der Waals surface area contributed by atoms with Crippen LogP contribution in [0.2, 0.25) is 0 Å². The quantitative estimate of drug-likeness (QED) is 0.481. The Morgan fingerprint density at radius 3 is 1.40 bits per heavy atom. The van der Waals surface area contributed by atoms with E-state index in [9.17, 15) is 0 Å². The van der Waals surface area contributed by atoms with Gasteiger partial charge < -0.3 is 0 Å². The lowest BCUT2D eigenvalue weighted by molar-refractivity contribution is 1.54. The van der Waals surface area contributed by atoms with Gasteiger partial charge in [0.2, 0.25) is 0 Å². The van der Waals surface area contributed by atoms with E-state index in [4.69, 9.17) is 0 Å². The summed E-state index contributed by atoms with van der Waals surface area (Å²) in [5.74, 6) is 0.944. The van der Waals surface area contributed by atoms with E-state index in [1.807, 2.05) is 6.92 Å². The Kier molecular flexibility index (Phi) is 68.6. The van der Waals surface area contributed by atoms with Gasteiger partial charge in [-0.15, -0.1) is 24.8 Å². The molecule has 0 atom stereocenters. The second kappa shape index (κ2) is 20.4. The lowest BCUT2D eigenvalue weighted by atomic mass is 11.0. The second-order valence-corrected chi connectivity index (χ2v) is 0.949. The second-order valence-electron chi connectivity index (χ2n) is 0.316. The Morgan fingerprint density at radius 1 is 1.40 bits per heavy atom. The molecule has 0 aliphatic rings. The first-order valence-corrected chi connectivity index (χ1v) is 1.66. The summed E-state index contributed by atoms with van der Waals surface area (Å²) in [7, 11) is 0. The third-order valence-corrected chi connectivity index (χ3v) is 0. The monoisotopic (exact) mass is 134 g/mol. The Hall–Kier alpha value is 0.930. The summed E-state index contributed by atoms with van der Waals surface area (Å²) in [5, 5.41) is 0. The topological polar surface area (TPSA) is 0 Å². The molecule has 0 radical (unpaired) electrons. The van der Waals surface area contributed by atoms with Crippen LogP contribution in [-0.4, -0.2) is 5.75 Å². The highest BCUT2D eigenvalue weighted by Crippen LogP contribution is 1.58. The van der Waals surface area contributed by atoms with E-state index in [-0.39, 0.29) is 24.8 Å². The molecule has 0 rings (SSSR count). The van der Waals surface area contributed by atoms with Crippen LogP contribution in [0.1, 0.15) is 6.92 Å². The number of hydrogen-bond donors (Lipinski definition) is 1. The third kappa shape index (κ3) is 48.9. The predicted octanol–water partition coefficient (Wildman–Crippen LogP) is 1.78. The molecule has 0 aliphatic carbocycles. The van der Waals surface area contributed by atoms with Gasteiger partial charge in [-0.05, 0) is 5.75 Å². The normalized spacial score (nSPS) is 3.60. The van der Waals surface area contributed by atoms with Crippen molar-refractivity contribution in [2.75, 3.05) is 5.75 Å². The molecule has 0 amide bonds. The third-order valence-electron chi connectivity index (χ3n) is 0. The standard InChI is InChI=1S/C2H6S.2ClH/c1-2-3;;/h3H,2H2,1H3;2*1H. The molecule has 0 N–H and O–H groups in total. The molecule has 36 valence electrons. The van der Waals surface area contributed by atoms with Crippen molar-refractivity contribution in [3.8, 4) is 0 Å². The molecule has 0 saturated carbocycles. The first-order chi connectivity index (χ1) is 1.41. The van der Waals surface area contributed by atoms with Gasteiger partial charge in [0, 0.05) is 0 Å². The number of hydrogen-bond acceptors (Lipinski definition) is 1. The minimum atomic E-state index is 0. The summed E-state index contributed by atoms with van der Waals surface area (Å²) < 4.78 is 0. The molecule has 0 nitrogen and oxygen atoms in total. The van der Waals surface area contributed by atoms with Crippen molar-refractivity contribution >= 4 is 37.4 Å². The summed E-state index contributed by atoms with van der Waals surface area (Å²) in [4.78, 5) is 0. The highest BCUT2D eigenvalue weighted by atomic mass is 35.5. The Bertz CT molecular complexity index is 7.61. The van der Waals surface area contributed by atoms with E-state index in [0.717, 1.165) is 5.75 Å². The lowest BCUT2D eigenvalue weighted by Gasteiger charge is -1.48. The summed E-state index contributed by atoms with van der Waals surface area (Å²) in [5.41, 5.74) is 0. The van der Waals surface area contributed by atoms with Crippen LogP contribution in [0.3, 0.4) is 0 Å². The number of halogens is 2. The van der Waals surface area contributed by atoms with Crippen molar-refractivity contribution in [3.63, 3.8) is 0 Å². The molecule has 0 aromatic heterocycles. The lowest BCUT2D eigenvalue weighted by Crippen LogP contribution is -1.36. The minimum Gasteiger partial charge on any atom is -0.180 e. The van der Waals surface area contributed by atoms with Crippen LogP contribution >= 0.6 is 37.4 Å². The largest absolute Gasteiger partial charge is 0.180 e. The molecule has 0 aromatic rings. The SMILES string of the molecule is CCS.Cl.Cl. The maximum Gasteiger partial charge on any atom is -0.0126 e. The zero-order chi connectivity index (χ0) is 2.71. The van der Waals surface area contributed by atoms with Gasteiger partial charge in [-0.1, -0.05) is 6.92 Å². The highest BCUT2D eigenvalue weighted by Gasteiger charge is 1.35. The first-order valence-electron chi connectivity index (χ1n) is 1.02. The molecular formula is C2H8Cl2S. The van der Waals surface area contributed by atoms with Crippen molar-refractivity contribution in [3.05, 3.63) is 0 Å². The van der Waals surface area contributed by atoms with E-state index in [1.54, 1.807) is 0 Å². The van der Waals surface area contributed by atoms with E-state index in [0.29, 0.717) is 0 Å². The van der Waals surface area contributed by atoms with Gasteiger partial charge in [0.25, 0.3) is 0 Å². The van der Waals surface area contributed by atoms with Gasteiger partial charge in [-0.3, -0.25) is 0 Å². The summed E-state index contributed by atoms with van der Waals surface area (Å²) in [6, 6.07) is 0. The molecular weight excluding hydrogens is 127 g/mol. The molecule has 0 heterocycles. The van der Waals surface area contributed by atoms with E-state index in [1.165, 1.54) is 0 Å². The molecule has 0 saturated heterocycles. The smallest absolute Gasteiger partial charge is 0.0126 e. The van der Waals surface area contributed by atoms with Gasteiger partial charge in [-0.25, -0.2) is 0 Å². The average molecular weight is 135 g/mol. The van der Waals surface area contributed by atoms with E-state index in [2.05, 4.69) is 12.6 Å². The fraction of sp³-hybridized carbons (Fsp3) is 1.00. The fourth-order valence-electron chi connectivity index (χ4n) is 0. The maximum absolute atomic E-state index is 3.79. The molecule has 5 heavy (non-hydrogen) atoms. The molecule has 0 fully saturated rings. The summed E-state index contributed by atoms with van der Waals surface area (Å²) in [6.45, 7) is 1.99. The molecule has 0 aliphatic heterocycles. The van der Waals surface area contributed by atoms with Crippen molar-refractivity contribution in [2.24, 2.45) is 0 Å². The molecule has 0 unspecified atom stereocenters. The average Bonchev–Trinajstić information content (AvgIpc) is 0.918. The summed E-state index contributed by atoms with van der Waals surface area (Å²) >= 11 is 3.79. The van der Waals surface area contributed by atoms with Gasteiger partial charge in [-0.2, -0.15) is 12.6 Å². The minimum absolute atomic E-state index is 0. The number of rotatable bonds is 0. The highest BCUT2D eigenvalue weighted by molar-refractivity contribution is 7.80. The Morgan fingerprint density at radius 2 is 1.40 bits per heavy atom. The number of thiol groups is 1. The van der Waals surface area contributed by atoms with Gasteiger partial charge >= 0.3 is 0 Å². The van der Waals surface area contributed by atoms with Crippen molar-refractivity contribution < 1.29 is 0 Å². The van der Waals surface area contributed by atoms with Crippen LogP contribution in [0.15, 0.2) is 0 Å². The van der Waals surface area contributed by atoms with Crippen molar-refractivity contribution in [2.45, 2.75) is 6.92 Å². The Balaban J connectivity index is -0.0000000200. The summed E-state index contributed by atoms with van der Waals surface area (Å²) in [6.07, 6.45) is 0. The van der Waals surface area contributed by atoms with Gasteiger partial charge in [0.05, 0.1) is 0 Å². The molecule has 3 heteroatoms. The van der Waals surface area contributed by atoms with Crippen LogP contribution in [0.25, 0.3) is 0 Å². The van der Waals surface area contributed by atoms with Crippen molar-refractivity contribution in [1.82, 2.24) is 0 Å². The van der Waals surface area contributed by atoms with Crippen LogP contribution in [0.4, 0.5) is 0 Å². The van der Waals surface area contributed by atoms with E-state index < -0.39 is 0 Å². The first kappa shape index (κ1) is 16.8. The maximum atomic E-state index is 3.79. The predicted molar refractivity (Wildman–Crippen MR) is 34.0 cm³/mol. The van der Waals surface area contributed by atoms with Crippen LogP contribution in [0.5, 0.6) is 0 Å². The van der Waals surface area contributed by atoms with E-state index >= 15 is 0 Å². The zero-order valence-corrected chi connectivity index (χ0v) is 5.50. The Labute approximate surface area is 50.6 Å². The van der Waals surface area contributed by atoms with Gasteiger partial charge in [0.15, 0.2) is 0 Å². The fourth-order valence-corrected chi connectivity index (χ4v) is 0. The van der Waals surface area contributed by atoms with Gasteiger partial charge in [0.1, 0.15) is 0 Å². The van der Waals surface area contributed by atoms with Crippen LogP contribution in [-0.2, 0) is 0 Å². The zero-order valence-electron chi connectivity index (χ0n) is 2.97.